The van der Waals surface area contributed by atoms with Gasteiger partial charge in [0, 0.05) is 49.9 Å². The average Bonchev–Trinajstić information content (AvgIpc) is 3.66. The summed E-state index contributed by atoms with van der Waals surface area (Å²) in [5.74, 6) is 1.73. The first-order valence-corrected chi connectivity index (χ1v) is 19.0. The van der Waals surface area contributed by atoms with E-state index in [-0.39, 0.29) is 45.7 Å². The Balaban J connectivity index is 1.07. The number of aliphatic hydroxyl groups is 2. The van der Waals surface area contributed by atoms with Crippen molar-refractivity contribution < 1.29 is 38.7 Å². The van der Waals surface area contributed by atoms with E-state index in [1.54, 1.807) is 13.8 Å². The van der Waals surface area contributed by atoms with Gasteiger partial charge in [0.15, 0.2) is 6.10 Å². The molecule has 7 rings (SSSR count). The number of fused-ring (bicyclic) bond motifs is 4. The Morgan fingerprint density at radius 2 is 1.82 bits per heavy atom. The molecule has 10 nitrogen and oxygen atoms in total. The third-order valence-electron chi connectivity index (χ3n) is 15.3. The van der Waals surface area contributed by atoms with Crippen LogP contribution in [-0.4, -0.2) is 90.5 Å². The minimum atomic E-state index is -1.32. The molecule has 0 bridgehead atoms. The summed E-state index contributed by atoms with van der Waals surface area (Å²) < 4.78 is 23.9. The summed E-state index contributed by atoms with van der Waals surface area (Å²) in [6, 6.07) is 0. The maximum atomic E-state index is 13.0. The first kappa shape index (κ1) is 35.9. The van der Waals surface area contributed by atoms with Crippen LogP contribution >= 0.6 is 0 Å². The number of morpholine rings is 1. The van der Waals surface area contributed by atoms with Gasteiger partial charge in [-0.25, -0.2) is 4.79 Å². The van der Waals surface area contributed by atoms with Gasteiger partial charge in [-0.3, -0.25) is 9.69 Å². The molecule has 0 aromatic rings. The zero-order valence-corrected chi connectivity index (χ0v) is 31.2. The molecule has 1 amide bonds. The minimum absolute atomic E-state index is 0.0654. The van der Waals surface area contributed by atoms with E-state index in [1.165, 1.54) is 12.8 Å². The Morgan fingerprint density at radius 1 is 1.10 bits per heavy atom. The molecule has 49 heavy (non-hydrogen) atoms. The zero-order valence-electron chi connectivity index (χ0n) is 31.2. The van der Waals surface area contributed by atoms with Crippen molar-refractivity contribution in [3.05, 3.63) is 18.1 Å². The molecule has 10 heteroatoms. The van der Waals surface area contributed by atoms with Crippen molar-refractivity contribution in [2.75, 3.05) is 39.4 Å². The Morgan fingerprint density at radius 3 is 2.49 bits per heavy atom. The summed E-state index contributed by atoms with van der Waals surface area (Å²) in [6.45, 7) is 20.8. The summed E-state index contributed by atoms with van der Waals surface area (Å²) >= 11 is 0. The maximum absolute atomic E-state index is 13.0. The molecule has 2 spiro atoms. The summed E-state index contributed by atoms with van der Waals surface area (Å²) in [4.78, 5) is 27.4. The monoisotopic (exact) mass is 685 g/mol. The lowest BCUT2D eigenvalue weighted by atomic mass is 9.41. The Hall–Kier alpha value is -1.46. The van der Waals surface area contributed by atoms with E-state index in [0.717, 1.165) is 77.8 Å². The second-order valence-electron chi connectivity index (χ2n) is 18.4. The number of nitrogens with one attached hydrogen (secondary N) is 1. The summed E-state index contributed by atoms with van der Waals surface area (Å²) in [7, 11) is 0. The van der Waals surface area contributed by atoms with Crippen molar-refractivity contribution in [1.82, 2.24) is 10.2 Å². The molecule has 2 saturated heterocycles. The number of carbonyl (C=O) groups excluding carboxylic acids is 2. The molecule has 0 aromatic carbocycles. The molecular formula is C39H61N2O8. The lowest BCUT2D eigenvalue weighted by Crippen LogP contribution is -2.59. The predicted octanol–water partition coefficient (Wildman–Crippen LogP) is 5.21. The van der Waals surface area contributed by atoms with Gasteiger partial charge in [0.25, 0.3) is 0 Å². The van der Waals surface area contributed by atoms with E-state index in [4.69, 9.17) is 18.9 Å². The van der Waals surface area contributed by atoms with Gasteiger partial charge in [0.05, 0.1) is 24.9 Å². The highest BCUT2D eigenvalue weighted by Crippen LogP contribution is 2.90. The zero-order chi connectivity index (χ0) is 35.4. The fraction of sp³-hybridized carbons (Fsp3) is 0.872. The highest BCUT2D eigenvalue weighted by Gasteiger charge is 2.85. The van der Waals surface area contributed by atoms with E-state index in [9.17, 15) is 19.8 Å². The molecule has 10 atom stereocenters. The minimum Gasteiger partial charge on any atom is -0.456 e. The van der Waals surface area contributed by atoms with Crippen LogP contribution in [0.3, 0.4) is 0 Å². The number of carbonyl (C=O) groups is 2. The molecule has 275 valence electrons. The number of ether oxygens (including phenoxy) is 4. The number of aliphatic hydroxyl groups excluding tert-OH is 1. The highest BCUT2D eigenvalue weighted by molar-refractivity contribution is 5.67. The largest absolute Gasteiger partial charge is 0.456 e. The molecule has 0 aromatic heterocycles. The van der Waals surface area contributed by atoms with Crippen molar-refractivity contribution in [1.29, 1.82) is 0 Å². The van der Waals surface area contributed by atoms with E-state index in [0.29, 0.717) is 31.1 Å². The first-order valence-electron chi connectivity index (χ1n) is 19.0. The quantitative estimate of drug-likeness (QED) is 0.310. The number of alkyl carbamates (subject to hydrolysis) is 1. The normalized spacial score (nSPS) is 44.4. The maximum Gasteiger partial charge on any atom is 0.407 e. The lowest BCUT2D eigenvalue weighted by Gasteiger charge is -2.63. The second-order valence-corrected chi connectivity index (χ2v) is 18.4. The molecule has 7 fully saturated rings. The lowest BCUT2D eigenvalue weighted by molar-refractivity contribution is -0.171. The molecule has 3 radical (unpaired) electrons. The van der Waals surface area contributed by atoms with Gasteiger partial charge in [-0.05, 0) is 99.2 Å². The smallest absolute Gasteiger partial charge is 0.407 e. The fourth-order valence-electron chi connectivity index (χ4n) is 12.9. The molecule has 7 aliphatic rings. The van der Waals surface area contributed by atoms with Gasteiger partial charge >= 0.3 is 12.1 Å². The van der Waals surface area contributed by atoms with Crippen molar-refractivity contribution in [2.45, 2.75) is 131 Å². The highest BCUT2D eigenvalue weighted by atomic mass is 16.6. The van der Waals surface area contributed by atoms with Crippen molar-refractivity contribution in [2.24, 2.45) is 44.8 Å². The summed E-state index contributed by atoms with van der Waals surface area (Å²) in [5, 5.41) is 26.5. The van der Waals surface area contributed by atoms with Gasteiger partial charge in [-0.2, -0.15) is 0 Å². The SMILES string of the molecule is CC(=O)O[C@@H]([C]1C[C@@H](C)[C@H]2[C](O1)[C@H](O)[C@@]1(C)[C]3CC[C@H]4C(C)(C)C(OC(=O)NCCN5CCOCC5)CC[C@@]45C[C@@]35CC[C@]21C)C(C)(C)O. The van der Waals surface area contributed by atoms with Crippen LogP contribution in [0.25, 0.3) is 0 Å². The van der Waals surface area contributed by atoms with Crippen LogP contribution in [0.15, 0.2) is 0 Å². The first-order chi connectivity index (χ1) is 22.9. The predicted molar refractivity (Wildman–Crippen MR) is 182 cm³/mol. The summed E-state index contributed by atoms with van der Waals surface area (Å²) in [5.41, 5.74) is -1.85. The average molecular weight is 686 g/mol. The van der Waals surface area contributed by atoms with Gasteiger partial charge in [-0.15, -0.1) is 0 Å². The van der Waals surface area contributed by atoms with Gasteiger partial charge < -0.3 is 34.5 Å². The van der Waals surface area contributed by atoms with Crippen molar-refractivity contribution in [3.8, 4) is 0 Å². The third kappa shape index (κ3) is 5.26. The van der Waals surface area contributed by atoms with Gasteiger partial charge in [0.2, 0.25) is 0 Å². The van der Waals surface area contributed by atoms with Crippen LogP contribution in [0.5, 0.6) is 0 Å². The van der Waals surface area contributed by atoms with Crippen molar-refractivity contribution >= 4 is 12.1 Å². The van der Waals surface area contributed by atoms with E-state index < -0.39 is 29.2 Å². The molecule has 5 saturated carbocycles. The van der Waals surface area contributed by atoms with E-state index >= 15 is 0 Å². The second kappa shape index (κ2) is 12.0. The van der Waals surface area contributed by atoms with Crippen LogP contribution in [0.2, 0.25) is 0 Å². The third-order valence-corrected chi connectivity index (χ3v) is 15.3. The van der Waals surface area contributed by atoms with Crippen LogP contribution in [0, 0.1) is 63.0 Å². The Bertz CT molecular complexity index is 1300. The van der Waals surface area contributed by atoms with Crippen LogP contribution < -0.4 is 5.32 Å². The molecule has 5 aliphatic carbocycles. The molecule has 1 unspecified atom stereocenters. The standard InChI is InChI=1S/C39H61N2O8/c1-23-21-25(32(35(5,6)45)47-24(2)42)48-30-29(23)36(7)13-14-39-22-38(39)12-11-28(49-33(44)40-15-16-41-17-19-46-20-18-41)34(3,4)26(38)9-10-27(39)37(36,8)31(30)43/h23,26,28-29,31-32,43,45H,9-22H2,1-8H3,(H,40,44)/t23-,26+,28?,29+,31+,32+,36-,37-,38-,39+/m1/s1. The molecule has 3 N–H and O–H groups in total. The number of hydrogen-bond donors (Lipinski definition) is 3. The molecule has 2 heterocycles. The number of amides is 1. The van der Waals surface area contributed by atoms with Crippen LogP contribution in [0.4, 0.5) is 4.79 Å². The van der Waals surface area contributed by atoms with Crippen LogP contribution in [-0.2, 0) is 23.7 Å². The van der Waals surface area contributed by atoms with Gasteiger partial charge in [-0.1, -0.05) is 34.6 Å². The van der Waals surface area contributed by atoms with E-state index in [1.807, 2.05) is 0 Å². The molecular weight excluding hydrogens is 624 g/mol. The Kier molecular flexibility index (Phi) is 8.83. The number of hydrogen-bond acceptors (Lipinski definition) is 9. The number of rotatable bonds is 7. The van der Waals surface area contributed by atoms with Gasteiger partial charge in [0.1, 0.15) is 18.3 Å². The summed E-state index contributed by atoms with van der Waals surface area (Å²) in [6.07, 6.45) is 6.84. The molecule has 2 aliphatic heterocycles. The topological polar surface area (TPSA) is 127 Å². The fourth-order valence-corrected chi connectivity index (χ4v) is 12.9. The van der Waals surface area contributed by atoms with Crippen molar-refractivity contribution in [3.63, 3.8) is 0 Å². The Labute approximate surface area is 293 Å². The van der Waals surface area contributed by atoms with E-state index in [2.05, 4.69) is 44.8 Å². The number of nitrogens with zero attached hydrogens (tertiary/aromatic N) is 1. The number of esters is 1. The van der Waals surface area contributed by atoms with Crippen LogP contribution in [0.1, 0.15) is 107 Å².